The molecule has 1 unspecified atom stereocenters. The number of nitrogens with one attached hydrogen (secondary N) is 2. The summed E-state index contributed by atoms with van der Waals surface area (Å²) >= 11 is 6.04. The quantitative estimate of drug-likeness (QED) is 0.810. The minimum absolute atomic E-state index is 0.0746. The van der Waals surface area contributed by atoms with Crippen molar-refractivity contribution < 1.29 is 4.79 Å². The largest absolute Gasteiger partial charge is 0.370 e. The Bertz CT molecular complexity index is 451. The van der Waals surface area contributed by atoms with Crippen molar-refractivity contribution in [2.75, 3.05) is 32.5 Å². The fourth-order valence-corrected chi connectivity index (χ4v) is 1.89. The van der Waals surface area contributed by atoms with E-state index in [-0.39, 0.29) is 17.6 Å². The number of nitrogens with zero attached hydrogens (tertiary/aromatic N) is 2. The highest BCUT2D eigenvalue weighted by Gasteiger charge is 2.15. The molecule has 0 spiro atoms. The minimum atomic E-state index is -0.235. The number of hydrogen-bond donors (Lipinski definition) is 2. The van der Waals surface area contributed by atoms with Crippen LogP contribution in [-0.2, 0) is 0 Å². The average Bonchev–Trinajstić information content (AvgIpc) is 2.38. The van der Waals surface area contributed by atoms with Crippen molar-refractivity contribution in [3.63, 3.8) is 0 Å². The number of hydrogen-bond acceptors (Lipinski definition) is 4. The van der Waals surface area contributed by atoms with Crippen LogP contribution < -0.4 is 10.6 Å². The van der Waals surface area contributed by atoms with E-state index in [2.05, 4.69) is 20.5 Å². The number of amides is 1. The summed E-state index contributed by atoms with van der Waals surface area (Å²) in [4.78, 5) is 18.5. The summed E-state index contributed by atoms with van der Waals surface area (Å²) in [5.41, 5.74) is 0.266. The lowest BCUT2D eigenvalue weighted by atomic mass is 10.2. The zero-order chi connectivity index (χ0) is 15.1. The molecule has 0 bridgehead atoms. The molecule has 0 fully saturated rings. The van der Waals surface area contributed by atoms with Crippen molar-refractivity contribution in [2.24, 2.45) is 0 Å². The Morgan fingerprint density at radius 3 is 2.75 bits per heavy atom. The number of carbonyl (C=O) groups is 1. The van der Waals surface area contributed by atoms with Crippen LogP contribution in [0.5, 0.6) is 0 Å². The lowest BCUT2D eigenvalue weighted by Crippen LogP contribution is -2.35. The maximum atomic E-state index is 12.2. The summed E-state index contributed by atoms with van der Waals surface area (Å²) in [6.45, 7) is 5.61. The van der Waals surface area contributed by atoms with Gasteiger partial charge in [0.1, 0.15) is 11.5 Å². The predicted octanol–water partition coefficient (Wildman–Crippen LogP) is 2.24. The highest BCUT2D eigenvalue weighted by molar-refractivity contribution is 6.33. The molecule has 0 aliphatic carbocycles. The molecule has 0 aliphatic heterocycles. The first-order chi connectivity index (χ1) is 9.43. The van der Waals surface area contributed by atoms with E-state index in [0.29, 0.717) is 10.8 Å². The maximum Gasteiger partial charge on any atom is 0.271 e. The van der Waals surface area contributed by atoms with Crippen molar-refractivity contribution >= 4 is 23.3 Å². The van der Waals surface area contributed by atoms with Crippen LogP contribution in [0.2, 0.25) is 5.02 Å². The van der Waals surface area contributed by atoms with E-state index in [4.69, 9.17) is 11.6 Å². The molecular formula is C14H23ClN4O. The summed E-state index contributed by atoms with van der Waals surface area (Å²) in [5, 5.41) is 6.35. The van der Waals surface area contributed by atoms with Crippen molar-refractivity contribution in [3.8, 4) is 0 Å². The number of halogens is 1. The van der Waals surface area contributed by atoms with Gasteiger partial charge in [-0.1, -0.05) is 11.6 Å². The van der Waals surface area contributed by atoms with Gasteiger partial charge in [-0.3, -0.25) is 4.79 Å². The molecule has 112 valence electrons. The standard InChI is InChI=1S/C14H23ClN4O/c1-5-16-12-7-6-11(15)13(18-12)14(20)17-10(2)8-9-19(3)4/h6-7,10H,5,8-9H2,1-4H3,(H,16,18)(H,17,20). The second-order valence-electron chi connectivity index (χ2n) is 5.02. The minimum Gasteiger partial charge on any atom is -0.370 e. The first-order valence-electron chi connectivity index (χ1n) is 6.80. The molecule has 1 amide bonds. The van der Waals surface area contributed by atoms with Crippen LogP contribution in [0.1, 0.15) is 30.8 Å². The number of anilines is 1. The third-order valence-corrected chi connectivity index (χ3v) is 3.11. The normalized spacial score (nSPS) is 12.3. The van der Waals surface area contributed by atoms with Crippen LogP contribution in [0.3, 0.4) is 0 Å². The molecule has 6 heteroatoms. The molecule has 0 saturated heterocycles. The molecule has 1 atom stereocenters. The van der Waals surface area contributed by atoms with E-state index in [1.165, 1.54) is 0 Å². The molecule has 0 aromatic carbocycles. The van der Waals surface area contributed by atoms with Crippen LogP contribution in [0.15, 0.2) is 12.1 Å². The third-order valence-electron chi connectivity index (χ3n) is 2.81. The molecule has 0 aliphatic rings. The molecule has 1 rings (SSSR count). The molecule has 0 saturated carbocycles. The van der Waals surface area contributed by atoms with E-state index in [1.54, 1.807) is 12.1 Å². The van der Waals surface area contributed by atoms with Gasteiger partial charge >= 0.3 is 0 Å². The number of rotatable bonds is 7. The average molecular weight is 299 g/mol. The van der Waals surface area contributed by atoms with Crippen LogP contribution >= 0.6 is 11.6 Å². The maximum absolute atomic E-state index is 12.2. The Kier molecular flexibility index (Phi) is 6.75. The Labute approximate surface area is 125 Å². The van der Waals surface area contributed by atoms with Gasteiger partial charge in [0.2, 0.25) is 0 Å². The zero-order valence-corrected chi connectivity index (χ0v) is 13.3. The first-order valence-corrected chi connectivity index (χ1v) is 7.17. The van der Waals surface area contributed by atoms with E-state index < -0.39 is 0 Å². The summed E-state index contributed by atoms with van der Waals surface area (Å²) in [5.74, 6) is 0.420. The van der Waals surface area contributed by atoms with Crippen LogP contribution in [-0.4, -0.2) is 49.0 Å². The van der Waals surface area contributed by atoms with Gasteiger partial charge in [0.25, 0.3) is 5.91 Å². The molecule has 1 heterocycles. The Morgan fingerprint density at radius 1 is 1.45 bits per heavy atom. The van der Waals surface area contributed by atoms with Crippen molar-refractivity contribution in [2.45, 2.75) is 26.3 Å². The van der Waals surface area contributed by atoms with E-state index in [1.807, 2.05) is 27.9 Å². The number of aromatic nitrogens is 1. The topological polar surface area (TPSA) is 57.3 Å². The molecule has 1 aromatic heterocycles. The summed E-state index contributed by atoms with van der Waals surface area (Å²) in [6.07, 6.45) is 0.878. The lowest BCUT2D eigenvalue weighted by Gasteiger charge is -2.17. The van der Waals surface area contributed by atoms with Gasteiger partial charge in [0.05, 0.1) is 5.02 Å². The zero-order valence-electron chi connectivity index (χ0n) is 12.5. The third kappa shape index (κ3) is 5.35. The molecule has 5 nitrogen and oxygen atoms in total. The summed E-state index contributed by atoms with van der Waals surface area (Å²) in [6, 6.07) is 3.52. The van der Waals surface area contributed by atoms with Crippen LogP contribution in [0, 0.1) is 0 Å². The molecule has 1 aromatic rings. The van der Waals surface area contributed by atoms with Crippen LogP contribution in [0.4, 0.5) is 5.82 Å². The van der Waals surface area contributed by atoms with Gasteiger partial charge in [-0.25, -0.2) is 4.98 Å². The Morgan fingerprint density at radius 2 is 2.15 bits per heavy atom. The Balaban J connectivity index is 2.68. The predicted molar refractivity (Wildman–Crippen MR) is 83.5 cm³/mol. The first kappa shape index (κ1) is 16.7. The van der Waals surface area contributed by atoms with Gasteiger partial charge in [-0.2, -0.15) is 0 Å². The second kappa shape index (κ2) is 8.07. The van der Waals surface area contributed by atoms with Crippen molar-refractivity contribution in [3.05, 3.63) is 22.8 Å². The van der Waals surface area contributed by atoms with E-state index in [0.717, 1.165) is 19.5 Å². The van der Waals surface area contributed by atoms with Crippen LogP contribution in [0.25, 0.3) is 0 Å². The van der Waals surface area contributed by atoms with Gasteiger partial charge in [-0.05, 0) is 53.0 Å². The molecular weight excluding hydrogens is 276 g/mol. The highest BCUT2D eigenvalue weighted by Crippen LogP contribution is 2.16. The smallest absolute Gasteiger partial charge is 0.271 e. The van der Waals surface area contributed by atoms with Crippen molar-refractivity contribution in [1.29, 1.82) is 0 Å². The van der Waals surface area contributed by atoms with Gasteiger partial charge < -0.3 is 15.5 Å². The number of carbonyl (C=O) groups excluding carboxylic acids is 1. The fourth-order valence-electron chi connectivity index (χ4n) is 1.70. The van der Waals surface area contributed by atoms with E-state index >= 15 is 0 Å². The number of pyridine rings is 1. The fraction of sp³-hybridized carbons (Fsp3) is 0.571. The highest BCUT2D eigenvalue weighted by atomic mass is 35.5. The SMILES string of the molecule is CCNc1ccc(Cl)c(C(=O)NC(C)CCN(C)C)n1. The van der Waals surface area contributed by atoms with Crippen molar-refractivity contribution in [1.82, 2.24) is 15.2 Å². The Hall–Kier alpha value is -1.33. The molecule has 20 heavy (non-hydrogen) atoms. The lowest BCUT2D eigenvalue weighted by molar-refractivity contribution is 0.0932. The van der Waals surface area contributed by atoms with Gasteiger partial charge in [-0.15, -0.1) is 0 Å². The molecule has 2 N–H and O–H groups in total. The monoisotopic (exact) mass is 298 g/mol. The van der Waals surface area contributed by atoms with Gasteiger partial charge in [0.15, 0.2) is 0 Å². The summed E-state index contributed by atoms with van der Waals surface area (Å²) in [7, 11) is 4.01. The summed E-state index contributed by atoms with van der Waals surface area (Å²) < 4.78 is 0. The van der Waals surface area contributed by atoms with E-state index in [9.17, 15) is 4.79 Å². The second-order valence-corrected chi connectivity index (χ2v) is 5.43. The molecule has 0 radical (unpaired) electrons. The van der Waals surface area contributed by atoms with Gasteiger partial charge in [0, 0.05) is 12.6 Å².